The van der Waals surface area contributed by atoms with Gasteiger partial charge in [0.2, 0.25) is 0 Å². The van der Waals surface area contributed by atoms with Gasteiger partial charge in [-0.15, -0.1) is 0 Å². The van der Waals surface area contributed by atoms with Crippen LogP contribution in [-0.4, -0.2) is 59.4 Å². The fourth-order valence-electron chi connectivity index (χ4n) is 0.177. The summed E-state index contributed by atoms with van der Waals surface area (Å²) in [7, 11) is 0. The van der Waals surface area contributed by atoms with E-state index < -0.39 is 17.9 Å². The maximum Gasteiger partial charge on any atom is 0 e. The molecule has 0 saturated heterocycles. The van der Waals surface area contributed by atoms with Gasteiger partial charge in [0.15, 0.2) is 0 Å². The molecular weight excluding hydrogens is 588 g/mol. The molecular formula is C10H24BiCoFeO6Ti. The van der Waals surface area contributed by atoms with Gasteiger partial charge in [0.1, 0.15) is 0 Å². The first kappa shape index (κ1) is 42.9. The van der Waals surface area contributed by atoms with E-state index >= 15 is 0 Å². The molecule has 0 aromatic heterocycles. The van der Waals surface area contributed by atoms with Crippen molar-refractivity contribution < 1.29 is 84.0 Å². The number of hydrogen-bond acceptors (Lipinski definition) is 3. The molecule has 10 heteroatoms. The Morgan fingerprint density at radius 2 is 1.05 bits per heavy atom. The fourth-order valence-corrected chi connectivity index (χ4v) is 0.729. The predicted octanol–water partition coefficient (Wildman–Crippen LogP) is 0.835. The normalized spacial score (nSPS) is 5.75. The Hall–Kier alpha value is 1.03. The average Bonchev–Trinajstić information content (AvgIpc) is 2.01. The van der Waals surface area contributed by atoms with Gasteiger partial charge in [0.05, 0.1) is 0 Å². The molecule has 0 aliphatic carbocycles. The number of aliphatic carboxylic acids is 3. The zero-order chi connectivity index (χ0) is 14.9. The van der Waals surface area contributed by atoms with Gasteiger partial charge in [-0.2, -0.15) is 0 Å². The summed E-state index contributed by atoms with van der Waals surface area (Å²) < 4.78 is 1.34. The Kier molecular flexibility index (Phi) is 91.6. The second kappa shape index (κ2) is 42.7. The molecule has 0 aromatic rings. The van der Waals surface area contributed by atoms with E-state index in [1.807, 2.05) is 0 Å². The zero-order valence-corrected chi connectivity index (χ0v) is 21.3. The zero-order valence-electron chi connectivity index (χ0n) is 12.1. The minimum absolute atomic E-state index is 0. The van der Waals surface area contributed by atoms with Crippen LogP contribution in [0.15, 0.2) is 0 Å². The van der Waals surface area contributed by atoms with Gasteiger partial charge in [-0.1, -0.05) is 0 Å². The first-order valence-corrected chi connectivity index (χ1v) is 5.95. The van der Waals surface area contributed by atoms with Crippen LogP contribution in [0, 0.1) is 0 Å². The molecule has 0 saturated carbocycles. The van der Waals surface area contributed by atoms with Crippen molar-refractivity contribution in [3.05, 3.63) is 0 Å². The molecule has 3 N–H and O–H groups in total. The summed E-state index contributed by atoms with van der Waals surface area (Å²) in [6.07, 6.45) is 2.73. The summed E-state index contributed by atoms with van der Waals surface area (Å²) >= 11 is 2.21. The third kappa shape index (κ3) is 673. The molecule has 0 aromatic carbocycles. The van der Waals surface area contributed by atoms with Crippen molar-refractivity contribution in [2.45, 2.75) is 45.3 Å². The molecule has 0 spiro atoms. The van der Waals surface area contributed by atoms with Crippen LogP contribution in [0.2, 0.25) is 4.73 Å². The van der Waals surface area contributed by atoms with Crippen molar-refractivity contribution in [2.24, 2.45) is 0 Å². The van der Waals surface area contributed by atoms with Crippen molar-refractivity contribution in [1.82, 2.24) is 0 Å². The van der Waals surface area contributed by atoms with E-state index in [1.165, 1.54) is 17.6 Å². The molecule has 0 heterocycles. The maximum absolute atomic E-state index is 9.00. The van der Waals surface area contributed by atoms with Crippen LogP contribution in [0.5, 0.6) is 0 Å². The summed E-state index contributed by atoms with van der Waals surface area (Å²) in [6.45, 7) is 5.46. The van der Waals surface area contributed by atoms with E-state index in [0.717, 1.165) is 20.8 Å². The van der Waals surface area contributed by atoms with Gasteiger partial charge < -0.3 is 15.3 Å². The summed E-state index contributed by atoms with van der Waals surface area (Å²) in [5.74, 6) is -2.50. The van der Waals surface area contributed by atoms with Crippen LogP contribution < -0.4 is 0 Å². The van der Waals surface area contributed by atoms with Crippen molar-refractivity contribution in [1.29, 1.82) is 0 Å². The SMILES string of the molecule is CC(=O)O.CC(=O)O.CC(=O)O.CCC[CH2][Ti].[BiH3].[Co].[Fe]. The first-order chi connectivity index (χ1) is 7.61. The van der Waals surface area contributed by atoms with Crippen LogP contribution >= 0.6 is 0 Å². The number of carbonyl (C=O) groups is 3. The van der Waals surface area contributed by atoms with E-state index in [4.69, 9.17) is 29.7 Å². The van der Waals surface area contributed by atoms with E-state index in [0.29, 0.717) is 0 Å². The fraction of sp³-hybridized carbons (Fsp3) is 0.700. The molecule has 126 valence electrons. The van der Waals surface area contributed by atoms with Gasteiger partial charge in [-0.05, 0) is 0 Å². The second-order valence-electron chi connectivity index (χ2n) is 2.66. The van der Waals surface area contributed by atoms with Crippen LogP contribution in [0.1, 0.15) is 40.5 Å². The molecule has 6 nitrogen and oxygen atoms in total. The number of unbranched alkanes of at least 4 members (excludes halogenated alkanes) is 1. The second-order valence-corrected chi connectivity index (χ2v) is 3.44. The van der Waals surface area contributed by atoms with Crippen molar-refractivity contribution in [3.8, 4) is 0 Å². The Bertz CT molecular complexity index is 168. The molecule has 0 aliphatic rings. The Labute approximate surface area is 172 Å². The number of carboxylic acids is 3. The molecule has 0 fully saturated rings. The van der Waals surface area contributed by atoms with Gasteiger partial charge in [0.25, 0.3) is 17.9 Å². The standard InChI is InChI=1S/C4H9.3C2H4O2.Bi.Co.Fe.Ti.3H/c1-3-4-2;3*1-2(3)4;;;;;;;/h1,3-4H2,2H3;3*1H3,(H,3,4);;;;;;;. The summed E-state index contributed by atoms with van der Waals surface area (Å²) in [4.78, 5) is 27.0. The van der Waals surface area contributed by atoms with E-state index in [1.54, 1.807) is 0 Å². The van der Waals surface area contributed by atoms with Gasteiger partial charge in [-0.25, -0.2) is 0 Å². The number of rotatable bonds is 2. The van der Waals surface area contributed by atoms with Crippen LogP contribution in [-0.2, 0) is 68.7 Å². The number of hydrogen-bond donors (Lipinski definition) is 3. The van der Waals surface area contributed by atoms with Crippen LogP contribution in [0.25, 0.3) is 0 Å². The third-order valence-electron chi connectivity index (χ3n) is 0.530. The quantitative estimate of drug-likeness (QED) is 0.399. The van der Waals surface area contributed by atoms with E-state index in [9.17, 15) is 0 Å². The first-order valence-electron chi connectivity index (χ1n) is 4.84. The Morgan fingerprint density at radius 3 is 1.05 bits per heavy atom. The summed E-state index contributed by atoms with van der Waals surface area (Å²) in [5.41, 5.74) is 0. The average molecular weight is 612 g/mol. The molecule has 0 unspecified atom stereocenters. The van der Waals surface area contributed by atoms with Gasteiger partial charge in [0, 0.05) is 54.6 Å². The Morgan fingerprint density at radius 1 is 0.900 bits per heavy atom. The van der Waals surface area contributed by atoms with Gasteiger partial charge >= 0.3 is 71.1 Å². The molecule has 1 radical (unpaired) electrons. The topological polar surface area (TPSA) is 112 Å². The monoisotopic (exact) mass is 612 g/mol. The number of carboxylic acid groups (broad SMARTS) is 3. The van der Waals surface area contributed by atoms with Crippen molar-refractivity contribution in [3.63, 3.8) is 0 Å². The molecule has 0 bridgehead atoms. The molecule has 0 atom stereocenters. The van der Waals surface area contributed by atoms with Crippen LogP contribution in [0.3, 0.4) is 0 Å². The Balaban J connectivity index is -0.0000000216. The van der Waals surface area contributed by atoms with E-state index in [-0.39, 0.29) is 60.1 Å². The summed E-state index contributed by atoms with van der Waals surface area (Å²) in [5, 5.41) is 22.2. The molecule has 0 amide bonds. The largest absolute Gasteiger partial charge is 0 e. The third-order valence-corrected chi connectivity index (χ3v) is 1.08. The summed E-state index contributed by atoms with van der Waals surface area (Å²) in [6, 6.07) is 0. The van der Waals surface area contributed by atoms with Crippen molar-refractivity contribution >= 4 is 44.1 Å². The van der Waals surface area contributed by atoms with Crippen LogP contribution in [0.4, 0.5) is 0 Å². The molecule has 0 aliphatic heterocycles. The predicted molar refractivity (Wildman–Crippen MR) is 69.6 cm³/mol. The minimum atomic E-state index is -0.833. The minimum Gasteiger partial charge on any atom is 0 e. The van der Waals surface area contributed by atoms with Crippen molar-refractivity contribution in [2.75, 3.05) is 0 Å². The molecule has 0 rings (SSSR count). The van der Waals surface area contributed by atoms with Gasteiger partial charge in [-0.3, -0.25) is 14.4 Å². The maximum atomic E-state index is 9.00. The molecule has 20 heavy (non-hydrogen) atoms. The van der Waals surface area contributed by atoms with E-state index in [2.05, 4.69) is 27.4 Å². The smallest absolute Gasteiger partial charge is 0 e.